The Morgan fingerprint density at radius 2 is 2.20 bits per heavy atom. The lowest BCUT2D eigenvalue weighted by Crippen LogP contribution is -2.37. The van der Waals surface area contributed by atoms with Gasteiger partial charge in [-0.15, -0.1) is 0 Å². The molecule has 2 N–H and O–H groups in total. The Balaban J connectivity index is 1.86. The maximum atomic E-state index is 13.3. The highest BCUT2D eigenvalue weighted by Crippen LogP contribution is 2.21. The summed E-state index contributed by atoms with van der Waals surface area (Å²) >= 11 is 0. The maximum Gasteiger partial charge on any atom is 0.319 e. The van der Waals surface area contributed by atoms with Gasteiger partial charge in [0, 0.05) is 18.2 Å². The number of urea groups is 1. The highest BCUT2D eigenvalue weighted by Gasteiger charge is 2.24. The number of alkyl halides is 1. The minimum atomic E-state index is -0.966. The molecule has 2 amide bonds. The van der Waals surface area contributed by atoms with E-state index in [1.807, 2.05) is 0 Å². The van der Waals surface area contributed by atoms with Gasteiger partial charge in [0.25, 0.3) is 0 Å². The van der Waals surface area contributed by atoms with Gasteiger partial charge in [-0.3, -0.25) is 0 Å². The average Bonchev–Trinajstić information content (AvgIpc) is 2.95. The van der Waals surface area contributed by atoms with E-state index in [0.29, 0.717) is 17.3 Å². The second-order valence-electron chi connectivity index (χ2n) is 4.15. The summed E-state index contributed by atoms with van der Waals surface area (Å²) in [6, 6.07) is 0.108. The van der Waals surface area contributed by atoms with Crippen molar-refractivity contribution in [3.63, 3.8) is 0 Å². The van der Waals surface area contributed by atoms with Crippen LogP contribution in [0.4, 0.5) is 9.18 Å². The second kappa shape index (κ2) is 4.04. The van der Waals surface area contributed by atoms with Crippen LogP contribution in [0.1, 0.15) is 26.2 Å². The molecule has 0 heterocycles. The maximum absolute atomic E-state index is 13.3. The molecule has 0 saturated heterocycles. The summed E-state index contributed by atoms with van der Waals surface area (Å²) in [4.78, 5) is 11.3. The van der Waals surface area contributed by atoms with Gasteiger partial charge >= 0.3 is 6.03 Å². The summed E-state index contributed by atoms with van der Waals surface area (Å²) in [7, 11) is 0. The molecular formula is C11H15FN2O. The summed E-state index contributed by atoms with van der Waals surface area (Å²) in [6.45, 7) is 1.75. The van der Waals surface area contributed by atoms with Crippen LogP contribution in [0, 0.1) is 0 Å². The number of amides is 2. The molecule has 0 bridgehead atoms. The van der Waals surface area contributed by atoms with E-state index >= 15 is 0 Å². The van der Waals surface area contributed by atoms with Crippen LogP contribution in [0.2, 0.25) is 0 Å². The highest BCUT2D eigenvalue weighted by molar-refractivity contribution is 5.76. The van der Waals surface area contributed by atoms with Crippen molar-refractivity contribution in [1.29, 1.82) is 0 Å². The Morgan fingerprint density at radius 1 is 1.47 bits per heavy atom. The predicted octanol–water partition coefficient (Wildman–Crippen LogP) is 2.02. The summed E-state index contributed by atoms with van der Waals surface area (Å²) in [5, 5.41) is 5.46. The molecular weight excluding hydrogens is 195 g/mol. The molecule has 2 aliphatic rings. The van der Waals surface area contributed by atoms with Gasteiger partial charge in [-0.25, -0.2) is 9.18 Å². The molecule has 1 saturated carbocycles. The Hall–Kier alpha value is -1.32. The molecule has 3 nitrogen and oxygen atoms in total. The number of allylic oxidation sites excluding steroid dienone is 4. The first-order valence-corrected chi connectivity index (χ1v) is 5.24. The van der Waals surface area contributed by atoms with Crippen LogP contribution in [0.3, 0.4) is 0 Å². The molecule has 0 spiro atoms. The molecule has 0 aromatic carbocycles. The Bertz CT molecular complexity index is 331. The van der Waals surface area contributed by atoms with Crippen molar-refractivity contribution < 1.29 is 9.18 Å². The fraction of sp³-hybridized carbons (Fsp3) is 0.545. The molecule has 0 aromatic rings. The minimum Gasteiger partial charge on any atom is -0.335 e. The minimum absolute atomic E-state index is 0.219. The van der Waals surface area contributed by atoms with Crippen molar-refractivity contribution in [3.8, 4) is 0 Å². The summed E-state index contributed by atoms with van der Waals surface area (Å²) < 4.78 is 13.3. The van der Waals surface area contributed by atoms with Gasteiger partial charge in [0.05, 0.1) is 0 Å². The third kappa shape index (κ3) is 2.81. The zero-order chi connectivity index (χ0) is 10.8. The van der Waals surface area contributed by atoms with Crippen LogP contribution in [-0.2, 0) is 0 Å². The fourth-order valence-electron chi connectivity index (χ4n) is 1.45. The number of rotatable bonds is 2. The molecule has 0 radical (unpaired) electrons. The van der Waals surface area contributed by atoms with Crippen molar-refractivity contribution in [2.24, 2.45) is 0 Å². The van der Waals surface area contributed by atoms with Gasteiger partial charge in [0.1, 0.15) is 6.17 Å². The van der Waals surface area contributed by atoms with Crippen LogP contribution in [0.15, 0.2) is 23.4 Å². The number of nitrogens with one attached hydrogen (secondary N) is 2. The smallest absolute Gasteiger partial charge is 0.319 e. The number of carbonyl (C=O) groups excluding carboxylic acids is 1. The lowest BCUT2D eigenvalue weighted by Gasteiger charge is -2.17. The summed E-state index contributed by atoms with van der Waals surface area (Å²) in [5.74, 6) is 0. The fourth-order valence-corrected chi connectivity index (χ4v) is 1.45. The molecule has 0 aromatic heterocycles. The largest absolute Gasteiger partial charge is 0.335 e. The standard InChI is InChI=1S/C11H15FN2O/c1-7-2-3-9(6-10(7)12)14-11(15)13-8-4-5-8/h2-3,8,10H,4-6H2,1H3,(H2,13,14,15). The van der Waals surface area contributed by atoms with Gasteiger partial charge in [-0.2, -0.15) is 0 Å². The SMILES string of the molecule is CC1=CC=C(NC(=O)NC2CC2)CC1F. The van der Waals surface area contributed by atoms with E-state index < -0.39 is 6.17 Å². The zero-order valence-corrected chi connectivity index (χ0v) is 8.72. The second-order valence-corrected chi connectivity index (χ2v) is 4.15. The average molecular weight is 210 g/mol. The Morgan fingerprint density at radius 3 is 2.80 bits per heavy atom. The van der Waals surface area contributed by atoms with E-state index in [4.69, 9.17) is 0 Å². The molecule has 4 heteroatoms. The van der Waals surface area contributed by atoms with Crippen LogP contribution >= 0.6 is 0 Å². The molecule has 15 heavy (non-hydrogen) atoms. The van der Waals surface area contributed by atoms with E-state index in [-0.39, 0.29) is 12.5 Å². The molecule has 2 aliphatic carbocycles. The van der Waals surface area contributed by atoms with Crippen LogP contribution in [0.25, 0.3) is 0 Å². The van der Waals surface area contributed by atoms with Crippen molar-refractivity contribution >= 4 is 6.03 Å². The Kier molecular flexibility index (Phi) is 2.75. The molecule has 2 rings (SSSR count). The summed E-state index contributed by atoms with van der Waals surface area (Å²) in [5.41, 5.74) is 1.36. The van der Waals surface area contributed by atoms with E-state index in [1.165, 1.54) is 0 Å². The quantitative estimate of drug-likeness (QED) is 0.719. The molecule has 0 aliphatic heterocycles. The van der Waals surface area contributed by atoms with Crippen LogP contribution in [0.5, 0.6) is 0 Å². The predicted molar refractivity (Wildman–Crippen MR) is 56.0 cm³/mol. The van der Waals surface area contributed by atoms with E-state index in [9.17, 15) is 9.18 Å². The molecule has 82 valence electrons. The first kappa shape index (κ1) is 10.2. The lowest BCUT2D eigenvalue weighted by molar-refractivity contribution is 0.242. The molecule has 1 fully saturated rings. The number of carbonyl (C=O) groups is 1. The molecule has 1 atom stereocenters. The monoisotopic (exact) mass is 210 g/mol. The third-order valence-electron chi connectivity index (χ3n) is 2.63. The van der Waals surface area contributed by atoms with Crippen molar-refractivity contribution in [2.45, 2.75) is 38.4 Å². The van der Waals surface area contributed by atoms with Gasteiger partial charge in [0.15, 0.2) is 0 Å². The lowest BCUT2D eigenvalue weighted by atomic mass is 10.0. The van der Waals surface area contributed by atoms with Crippen molar-refractivity contribution in [2.75, 3.05) is 0 Å². The first-order valence-electron chi connectivity index (χ1n) is 5.24. The van der Waals surface area contributed by atoms with Crippen LogP contribution < -0.4 is 10.6 Å². The van der Waals surface area contributed by atoms with Crippen molar-refractivity contribution in [3.05, 3.63) is 23.4 Å². The van der Waals surface area contributed by atoms with Crippen LogP contribution in [-0.4, -0.2) is 18.2 Å². The van der Waals surface area contributed by atoms with Gasteiger partial charge in [-0.05, 0) is 31.4 Å². The highest BCUT2D eigenvalue weighted by atomic mass is 19.1. The normalized spacial score (nSPS) is 25.3. The zero-order valence-electron chi connectivity index (χ0n) is 8.72. The van der Waals surface area contributed by atoms with Gasteiger partial charge in [0.2, 0.25) is 0 Å². The van der Waals surface area contributed by atoms with Gasteiger partial charge < -0.3 is 10.6 Å². The number of hydrogen-bond acceptors (Lipinski definition) is 1. The summed E-state index contributed by atoms with van der Waals surface area (Å²) in [6.07, 6.45) is 4.87. The first-order chi connectivity index (χ1) is 7.15. The Labute approximate surface area is 88.4 Å². The molecule has 1 unspecified atom stereocenters. The van der Waals surface area contributed by atoms with Crippen molar-refractivity contribution in [1.82, 2.24) is 10.6 Å². The third-order valence-corrected chi connectivity index (χ3v) is 2.63. The topological polar surface area (TPSA) is 41.1 Å². The van der Waals surface area contributed by atoms with E-state index in [0.717, 1.165) is 12.8 Å². The van der Waals surface area contributed by atoms with E-state index in [2.05, 4.69) is 10.6 Å². The van der Waals surface area contributed by atoms with E-state index in [1.54, 1.807) is 19.1 Å². The van der Waals surface area contributed by atoms with Gasteiger partial charge in [-0.1, -0.05) is 6.08 Å². The number of hydrogen-bond donors (Lipinski definition) is 2. The number of halogens is 1.